The molecule has 2 heterocycles. The summed E-state index contributed by atoms with van der Waals surface area (Å²) in [4.78, 5) is 14.0. The minimum atomic E-state index is -0.0732. The third-order valence-electron chi connectivity index (χ3n) is 2.92. The van der Waals surface area contributed by atoms with Crippen LogP contribution in [0.25, 0.3) is 0 Å². The number of aryl methyl sites for hydroxylation is 1. The van der Waals surface area contributed by atoms with E-state index in [0.717, 1.165) is 0 Å². The van der Waals surface area contributed by atoms with Gasteiger partial charge in [0.2, 0.25) is 0 Å². The lowest BCUT2D eigenvalue weighted by Gasteiger charge is -2.36. The van der Waals surface area contributed by atoms with E-state index in [1.807, 2.05) is 6.92 Å². The molecule has 2 rings (SSSR count). The molecule has 0 saturated carbocycles. The van der Waals surface area contributed by atoms with Gasteiger partial charge in [-0.25, -0.2) is 0 Å². The van der Waals surface area contributed by atoms with Gasteiger partial charge in [-0.2, -0.15) is 5.10 Å². The van der Waals surface area contributed by atoms with E-state index in [4.69, 9.17) is 10.5 Å². The number of nitrogens with two attached hydrogens (primary N) is 1. The molecule has 2 atom stereocenters. The highest BCUT2D eigenvalue weighted by molar-refractivity contribution is 5.92. The average Bonchev–Trinajstić information content (AvgIpc) is 2.73. The van der Waals surface area contributed by atoms with Crippen molar-refractivity contribution in [1.29, 1.82) is 0 Å². The number of aromatic nitrogens is 2. The molecule has 2 unspecified atom stereocenters. The Balaban J connectivity index is 2.11. The molecule has 1 aromatic heterocycles. The fourth-order valence-electron chi connectivity index (χ4n) is 2.09. The van der Waals surface area contributed by atoms with Gasteiger partial charge < -0.3 is 15.4 Å². The highest BCUT2D eigenvalue weighted by atomic mass is 16.5. The van der Waals surface area contributed by atoms with Crippen molar-refractivity contribution in [1.82, 2.24) is 14.7 Å². The van der Waals surface area contributed by atoms with Gasteiger partial charge in [0, 0.05) is 32.9 Å². The number of morpholine rings is 1. The standard InChI is InChI=1S/C11H18N4O2/c1-8-6-15(7-9(5-12)17-8)11(16)10-3-4-13-14(10)2/h3-4,8-9H,5-7,12H2,1-2H3. The van der Waals surface area contributed by atoms with Crippen LogP contribution in [0.5, 0.6) is 0 Å². The van der Waals surface area contributed by atoms with Crippen molar-refractivity contribution in [3.8, 4) is 0 Å². The van der Waals surface area contributed by atoms with Gasteiger partial charge >= 0.3 is 0 Å². The molecule has 6 nitrogen and oxygen atoms in total. The first-order valence-corrected chi connectivity index (χ1v) is 5.74. The molecule has 0 aromatic carbocycles. The summed E-state index contributed by atoms with van der Waals surface area (Å²) in [7, 11) is 1.76. The Morgan fingerprint density at radius 1 is 1.65 bits per heavy atom. The van der Waals surface area contributed by atoms with E-state index >= 15 is 0 Å². The van der Waals surface area contributed by atoms with Gasteiger partial charge in [-0.15, -0.1) is 0 Å². The van der Waals surface area contributed by atoms with Crippen LogP contribution in [-0.2, 0) is 11.8 Å². The number of hydrogen-bond donors (Lipinski definition) is 1. The Labute approximate surface area is 100 Å². The summed E-state index contributed by atoms with van der Waals surface area (Å²) in [5, 5.41) is 4.00. The van der Waals surface area contributed by atoms with Crippen LogP contribution >= 0.6 is 0 Å². The van der Waals surface area contributed by atoms with Crippen molar-refractivity contribution < 1.29 is 9.53 Å². The second-order valence-corrected chi connectivity index (χ2v) is 4.35. The number of hydrogen-bond acceptors (Lipinski definition) is 4. The number of carbonyl (C=O) groups excluding carboxylic acids is 1. The lowest BCUT2D eigenvalue weighted by atomic mass is 10.2. The quantitative estimate of drug-likeness (QED) is 0.761. The van der Waals surface area contributed by atoms with Gasteiger partial charge in [-0.05, 0) is 13.0 Å². The third-order valence-corrected chi connectivity index (χ3v) is 2.92. The largest absolute Gasteiger partial charge is 0.370 e. The second-order valence-electron chi connectivity index (χ2n) is 4.35. The molecule has 2 N–H and O–H groups in total. The first kappa shape index (κ1) is 12.1. The number of nitrogens with zero attached hydrogens (tertiary/aromatic N) is 3. The first-order chi connectivity index (χ1) is 8.11. The molecule has 94 valence electrons. The van der Waals surface area contributed by atoms with Crippen LogP contribution in [0.2, 0.25) is 0 Å². The maximum atomic E-state index is 12.3. The summed E-state index contributed by atoms with van der Waals surface area (Å²) >= 11 is 0. The van der Waals surface area contributed by atoms with Gasteiger partial charge in [0.05, 0.1) is 12.2 Å². The molecule has 1 aliphatic heterocycles. The van der Waals surface area contributed by atoms with E-state index < -0.39 is 0 Å². The van der Waals surface area contributed by atoms with Crippen LogP contribution in [0.3, 0.4) is 0 Å². The van der Waals surface area contributed by atoms with Gasteiger partial charge in [0.25, 0.3) is 5.91 Å². The minimum absolute atomic E-state index is 0.0152. The normalized spacial score (nSPS) is 25.0. The molecule has 0 spiro atoms. The zero-order valence-electron chi connectivity index (χ0n) is 10.2. The van der Waals surface area contributed by atoms with Crippen LogP contribution in [-0.4, -0.2) is 52.4 Å². The van der Waals surface area contributed by atoms with Crippen molar-refractivity contribution in [3.63, 3.8) is 0 Å². The van der Waals surface area contributed by atoms with E-state index in [0.29, 0.717) is 25.3 Å². The molecule has 1 aliphatic rings. The van der Waals surface area contributed by atoms with Crippen LogP contribution in [0.4, 0.5) is 0 Å². The molecule has 1 fully saturated rings. The number of ether oxygens (including phenoxy) is 1. The Kier molecular flexibility index (Phi) is 3.44. The summed E-state index contributed by atoms with van der Waals surface area (Å²) in [6.45, 7) is 3.52. The smallest absolute Gasteiger partial charge is 0.272 e. The van der Waals surface area contributed by atoms with E-state index in [-0.39, 0.29) is 18.1 Å². The minimum Gasteiger partial charge on any atom is -0.370 e. The van der Waals surface area contributed by atoms with Crippen molar-refractivity contribution >= 4 is 5.91 Å². The zero-order valence-corrected chi connectivity index (χ0v) is 10.2. The Hall–Kier alpha value is -1.40. The third kappa shape index (κ3) is 2.48. The Morgan fingerprint density at radius 2 is 2.41 bits per heavy atom. The van der Waals surface area contributed by atoms with Gasteiger partial charge in [0.1, 0.15) is 5.69 Å². The van der Waals surface area contributed by atoms with Crippen LogP contribution in [0, 0.1) is 0 Å². The maximum absolute atomic E-state index is 12.3. The lowest BCUT2D eigenvalue weighted by Crippen LogP contribution is -2.51. The monoisotopic (exact) mass is 238 g/mol. The molecular formula is C11H18N4O2. The van der Waals surface area contributed by atoms with E-state index in [9.17, 15) is 4.79 Å². The molecule has 0 aliphatic carbocycles. The summed E-state index contributed by atoms with van der Waals surface area (Å²) in [5.41, 5.74) is 6.19. The first-order valence-electron chi connectivity index (χ1n) is 5.74. The molecule has 1 aromatic rings. The van der Waals surface area contributed by atoms with Gasteiger partial charge in [0.15, 0.2) is 0 Å². The van der Waals surface area contributed by atoms with Crippen molar-refractivity contribution in [2.75, 3.05) is 19.6 Å². The van der Waals surface area contributed by atoms with Crippen molar-refractivity contribution in [3.05, 3.63) is 18.0 Å². The highest BCUT2D eigenvalue weighted by Crippen LogP contribution is 2.13. The number of carbonyl (C=O) groups is 1. The topological polar surface area (TPSA) is 73.4 Å². The predicted octanol–water partition coefficient (Wildman–Crippen LogP) is -0.392. The Bertz CT molecular complexity index is 404. The average molecular weight is 238 g/mol. The van der Waals surface area contributed by atoms with Crippen LogP contribution in [0.1, 0.15) is 17.4 Å². The maximum Gasteiger partial charge on any atom is 0.272 e. The summed E-state index contributed by atoms with van der Waals surface area (Å²) in [6, 6.07) is 1.72. The fraction of sp³-hybridized carbons (Fsp3) is 0.636. The number of rotatable bonds is 2. The molecule has 6 heteroatoms. The molecule has 1 amide bonds. The van der Waals surface area contributed by atoms with E-state index in [1.165, 1.54) is 0 Å². The summed E-state index contributed by atoms with van der Waals surface area (Å²) < 4.78 is 7.21. The van der Waals surface area contributed by atoms with Gasteiger partial charge in [-0.3, -0.25) is 9.48 Å². The molecular weight excluding hydrogens is 220 g/mol. The predicted molar refractivity (Wildman–Crippen MR) is 62.5 cm³/mol. The van der Waals surface area contributed by atoms with Crippen LogP contribution in [0.15, 0.2) is 12.3 Å². The highest BCUT2D eigenvalue weighted by Gasteiger charge is 2.29. The van der Waals surface area contributed by atoms with E-state index in [1.54, 1.807) is 28.9 Å². The summed E-state index contributed by atoms with van der Waals surface area (Å²) in [5.74, 6) is -0.0152. The second kappa shape index (κ2) is 4.85. The van der Waals surface area contributed by atoms with E-state index in [2.05, 4.69) is 5.10 Å². The van der Waals surface area contributed by atoms with Gasteiger partial charge in [-0.1, -0.05) is 0 Å². The molecule has 0 bridgehead atoms. The molecule has 1 saturated heterocycles. The SMILES string of the molecule is CC1CN(C(=O)c2ccnn2C)CC(CN)O1. The molecule has 17 heavy (non-hydrogen) atoms. The fourth-order valence-corrected chi connectivity index (χ4v) is 2.09. The van der Waals surface area contributed by atoms with Crippen molar-refractivity contribution in [2.45, 2.75) is 19.1 Å². The van der Waals surface area contributed by atoms with Crippen molar-refractivity contribution in [2.24, 2.45) is 12.8 Å². The number of amides is 1. The zero-order chi connectivity index (χ0) is 12.4. The summed E-state index contributed by atoms with van der Waals surface area (Å²) in [6.07, 6.45) is 1.57. The lowest BCUT2D eigenvalue weighted by molar-refractivity contribution is -0.0628. The van der Waals surface area contributed by atoms with Crippen LogP contribution < -0.4 is 5.73 Å². The Morgan fingerprint density at radius 3 is 3.00 bits per heavy atom. The molecule has 0 radical (unpaired) electrons.